The smallest absolute Gasteiger partial charge is 0.319 e. The molecule has 2 aromatic carbocycles. The molecule has 3 amide bonds. The second kappa shape index (κ2) is 10.6. The maximum Gasteiger partial charge on any atom is 0.319 e. The monoisotopic (exact) mass is 438 g/mol. The molecule has 0 bridgehead atoms. The van der Waals surface area contributed by atoms with Crippen LogP contribution in [0.3, 0.4) is 0 Å². The lowest BCUT2D eigenvalue weighted by atomic mass is 9.86. The van der Waals surface area contributed by atoms with Crippen LogP contribution in [-0.2, 0) is 14.9 Å². The van der Waals surface area contributed by atoms with E-state index in [-0.39, 0.29) is 23.4 Å². The highest BCUT2D eigenvalue weighted by atomic mass is 16.5. The molecule has 3 N–H and O–H groups in total. The minimum atomic E-state index is -0.276. The van der Waals surface area contributed by atoms with Crippen molar-refractivity contribution < 1.29 is 14.3 Å². The van der Waals surface area contributed by atoms with Crippen LogP contribution < -0.4 is 16.0 Å². The maximum absolute atomic E-state index is 12.4. The van der Waals surface area contributed by atoms with Gasteiger partial charge in [0.15, 0.2) is 0 Å². The van der Waals surface area contributed by atoms with Gasteiger partial charge in [-0.15, -0.1) is 0 Å². The highest BCUT2D eigenvalue weighted by Crippen LogP contribution is 2.24. The molecule has 32 heavy (non-hydrogen) atoms. The van der Waals surface area contributed by atoms with Gasteiger partial charge in [-0.3, -0.25) is 9.69 Å². The second-order valence-corrected chi connectivity index (χ2v) is 9.21. The quantitative estimate of drug-likeness (QED) is 0.633. The zero-order valence-corrected chi connectivity index (χ0v) is 19.4. The van der Waals surface area contributed by atoms with E-state index in [1.807, 2.05) is 6.92 Å². The topological polar surface area (TPSA) is 82.7 Å². The summed E-state index contributed by atoms with van der Waals surface area (Å²) in [5, 5.41) is 8.69. The van der Waals surface area contributed by atoms with Crippen molar-refractivity contribution in [1.29, 1.82) is 0 Å². The molecule has 1 heterocycles. The van der Waals surface area contributed by atoms with Gasteiger partial charge >= 0.3 is 6.03 Å². The summed E-state index contributed by atoms with van der Waals surface area (Å²) >= 11 is 0. The molecule has 2 aromatic rings. The average molecular weight is 439 g/mol. The molecule has 0 aliphatic carbocycles. The number of carbonyl (C=O) groups excluding carboxylic acids is 2. The van der Waals surface area contributed by atoms with Crippen molar-refractivity contribution in [1.82, 2.24) is 10.2 Å². The summed E-state index contributed by atoms with van der Waals surface area (Å²) in [5.74, 6) is -0.0587. The average Bonchev–Trinajstić information content (AvgIpc) is 2.75. The van der Waals surface area contributed by atoms with Crippen LogP contribution in [0, 0.1) is 0 Å². The lowest BCUT2D eigenvalue weighted by Crippen LogP contribution is -2.41. The van der Waals surface area contributed by atoms with Crippen molar-refractivity contribution in [2.45, 2.75) is 39.2 Å². The highest BCUT2D eigenvalue weighted by molar-refractivity contribution is 5.93. The van der Waals surface area contributed by atoms with Crippen LogP contribution in [0.15, 0.2) is 48.5 Å². The molecule has 1 unspecified atom stereocenters. The fourth-order valence-corrected chi connectivity index (χ4v) is 3.52. The second-order valence-electron chi connectivity index (χ2n) is 9.21. The largest absolute Gasteiger partial charge is 0.379 e. The van der Waals surface area contributed by atoms with E-state index in [1.165, 1.54) is 5.56 Å². The first-order chi connectivity index (χ1) is 15.2. The standard InChI is InChI=1S/C25H34N4O3/c1-18(19-5-7-20(8-6-19)25(2,3)4)26-24(31)28-22-11-9-21(10-12-22)27-23(30)17-29-13-15-32-16-14-29/h5-12,18H,13-17H2,1-4H3,(H,27,30)(H2,26,28,31). The number of morpholine rings is 1. The van der Waals surface area contributed by atoms with Gasteiger partial charge in [0.05, 0.1) is 25.8 Å². The van der Waals surface area contributed by atoms with E-state index >= 15 is 0 Å². The first-order valence-electron chi connectivity index (χ1n) is 11.1. The van der Waals surface area contributed by atoms with Gasteiger partial charge in [0, 0.05) is 24.5 Å². The number of carbonyl (C=O) groups is 2. The summed E-state index contributed by atoms with van der Waals surface area (Å²) in [6.07, 6.45) is 0. The molecule has 0 radical (unpaired) electrons. The van der Waals surface area contributed by atoms with Crippen molar-refractivity contribution in [2.75, 3.05) is 43.5 Å². The van der Waals surface area contributed by atoms with Crippen LogP contribution in [0.5, 0.6) is 0 Å². The van der Waals surface area contributed by atoms with Gasteiger partial charge in [0.2, 0.25) is 5.91 Å². The van der Waals surface area contributed by atoms with E-state index in [0.717, 1.165) is 18.7 Å². The number of hydrogen-bond donors (Lipinski definition) is 3. The van der Waals surface area contributed by atoms with Gasteiger partial charge in [-0.25, -0.2) is 4.79 Å². The third-order valence-electron chi connectivity index (χ3n) is 5.52. The number of anilines is 2. The normalized spacial score (nSPS) is 15.6. The lowest BCUT2D eigenvalue weighted by molar-refractivity contribution is -0.118. The minimum absolute atomic E-state index is 0.0587. The van der Waals surface area contributed by atoms with Crippen molar-refractivity contribution in [3.8, 4) is 0 Å². The Morgan fingerprint density at radius 2 is 1.50 bits per heavy atom. The minimum Gasteiger partial charge on any atom is -0.379 e. The summed E-state index contributed by atoms with van der Waals surface area (Å²) in [7, 11) is 0. The number of hydrogen-bond acceptors (Lipinski definition) is 4. The molecule has 7 heteroatoms. The fourth-order valence-electron chi connectivity index (χ4n) is 3.52. The Morgan fingerprint density at radius 3 is 2.06 bits per heavy atom. The molecular weight excluding hydrogens is 404 g/mol. The molecular formula is C25H34N4O3. The molecule has 3 rings (SSSR count). The summed E-state index contributed by atoms with van der Waals surface area (Å²) in [6, 6.07) is 15.0. The molecule has 1 aliphatic rings. The number of nitrogens with zero attached hydrogens (tertiary/aromatic N) is 1. The van der Waals surface area contributed by atoms with Crippen LogP contribution in [0.2, 0.25) is 0 Å². The number of nitrogens with one attached hydrogen (secondary N) is 3. The lowest BCUT2D eigenvalue weighted by Gasteiger charge is -2.25. The summed E-state index contributed by atoms with van der Waals surface area (Å²) < 4.78 is 5.30. The molecule has 0 saturated carbocycles. The van der Waals surface area contributed by atoms with Crippen molar-refractivity contribution in [2.24, 2.45) is 0 Å². The predicted molar refractivity (Wildman–Crippen MR) is 128 cm³/mol. The summed E-state index contributed by atoms with van der Waals surface area (Å²) in [6.45, 7) is 11.7. The molecule has 172 valence electrons. The number of rotatable bonds is 6. The van der Waals surface area contributed by atoms with Crippen LogP contribution in [0.1, 0.15) is 44.9 Å². The number of urea groups is 1. The maximum atomic E-state index is 12.4. The Kier molecular flexibility index (Phi) is 7.88. The molecule has 1 aliphatic heterocycles. The zero-order valence-electron chi connectivity index (χ0n) is 19.4. The van der Waals surface area contributed by atoms with Crippen molar-refractivity contribution >= 4 is 23.3 Å². The Morgan fingerprint density at radius 1 is 0.938 bits per heavy atom. The SMILES string of the molecule is CC(NC(=O)Nc1ccc(NC(=O)CN2CCOCC2)cc1)c1ccc(C(C)(C)C)cc1. The van der Waals surface area contributed by atoms with Gasteiger partial charge in [-0.2, -0.15) is 0 Å². The van der Waals surface area contributed by atoms with E-state index < -0.39 is 0 Å². The van der Waals surface area contributed by atoms with Crippen LogP contribution in [0.4, 0.5) is 16.2 Å². The molecule has 1 saturated heterocycles. The molecule has 7 nitrogen and oxygen atoms in total. The van der Waals surface area contributed by atoms with Gasteiger partial charge in [-0.05, 0) is 47.7 Å². The van der Waals surface area contributed by atoms with E-state index in [1.54, 1.807) is 24.3 Å². The third-order valence-corrected chi connectivity index (χ3v) is 5.52. The molecule has 0 aromatic heterocycles. The van der Waals surface area contributed by atoms with Crippen molar-refractivity contribution in [3.63, 3.8) is 0 Å². The van der Waals surface area contributed by atoms with Crippen LogP contribution >= 0.6 is 0 Å². The molecule has 1 fully saturated rings. The Hall–Kier alpha value is -2.90. The van der Waals surface area contributed by atoms with E-state index in [2.05, 4.69) is 65.9 Å². The number of amides is 3. The fraction of sp³-hybridized carbons (Fsp3) is 0.440. The Bertz CT molecular complexity index is 898. The van der Waals surface area contributed by atoms with Crippen molar-refractivity contribution in [3.05, 3.63) is 59.7 Å². The molecule has 1 atom stereocenters. The zero-order chi connectivity index (χ0) is 23.1. The predicted octanol–water partition coefficient (Wildman–Crippen LogP) is 4.14. The summed E-state index contributed by atoms with van der Waals surface area (Å²) in [5.41, 5.74) is 3.76. The number of benzene rings is 2. The molecule has 0 spiro atoms. The third kappa shape index (κ3) is 7.07. The van der Waals surface area contributed by atoms with Crippen LogP contribution in [-0.4, -0.2) is 49.7 Å². The highest BCUT2D eigenvalue weighted by Gasteiger charge is 2.16. The van der Waals surface area contributed by atoms with Crippen LogP contribution in [0.25, 0.3) is 0 Å². The Labute approximate surface area is 190 Å². The van der Waals surface area contributed by atoms with Gasteiger partial charge in [-0.1, -0.05) is 45.0 Å². The van der Waals surface area contributed by atoms with E-state index in [0.29, 0.717) is 31.1 Å². The van der Waals surface area contributed by atoms with E-state index in [4.69, 9.17) is 4.74 Å². The van der Waals surface area contributed by atoms with Gasteiger partial charge < -0.3 is 20.7 Å². The van der Waals surface area contributed by atoms with Gasteiger partial charge in [0.1, 0.15) is 0 Å². The van der Waals surface area contributed by atoms with E-state index in [9.17, 15) is 9.59 Å². The number of ether oxygens (including phenoxy) is 1. The first-order valence-corrected chi connectivity index (χ1v) is 11.1. The Balaban J connectivity index is 1.47. The summed E-state index contributed by atoms with van der Waals surface area (Å²) in [4.78, 5) is 26.7. The van der Waals surface area contributed by atoms with Gasteiger partial charge in [0.25, 0.3) is 0 Å². The first kappa shape index (κ1) is 23.8.